The summed E-state index contributed by atoms with van der Waals surface area (Å²) in [4.78, 5) is 11.9. The molecule has 1 heterocycles. The maximum Gasteiger partial charge on any atom is 0.372 e. The van der Waals surface area contributed by atoms with Gasteiger partial charge >= 0.3 is 13.5 Å². The van der Waals surface area contributed by atoms with E-state index in [2.05, 4.69) is 5.09 Å². The number of carbonyl (C=O) groups excluding carboxylic acids is 1. The van der Waals surface area contributed by atoms with Crippen molar-refractivity contribution in [3.63, 3.8) is 0 Å². The van der Waals surface area contributed by atoms with Crippen LogP contribution < -0.4 is 9.61 Å². The number of nitrogens with one attached hydrogen (secondary N) is 1. The zero-order valence-corrected chi connectivity index (χ0v) is 16.8. The van der Waals surface area contributed by atoms with Crippen molar-refractivity contribution < 1.29 is 18.6 Å². The monoisotopic (exact) mass is 405 g/mol. The Morgan fingerprint density at radius 2 is 1.62 bits per heavy atom. The first kappa shape index (κ1) is 19.0. The van der Waals surface area contributed by atoms with Gasteiger partial charge in [0.2, 0.25) is 0 Å². The fourth-order valence-corrected chi connectivity index (χ4v) is 5.12. The number of ether oxygens (including phenoxy) is 1. The van der Waals surface area contributed by atoms with Crippen molar-refractivity contribution in [2.75, 3.05) is 11.7 Å². The lowest BCUT2D eigenvalue weighted by Gasteiger charge is -2.28. The Bertz CT molecular complexity index is 1110. The molecule has 1 aliphatic heterocycles. The molecule has 1 N–H and O–H groups in total. The quantitative estimate of drug-likeness (QED) is 0.413. The average molecular weight is 405 g/mol. The Balaban J connectivity index is 1.75. The maximum atomic E-state index is 13.9. The molecule has 1 atom stereocenters. The van der Waals surface area contributed by atoms with Crippen LogP contribution in [0.25, 0.3) is 11.4 Å². The van der Waals surface area contributed by atoms with Gasteiger partial charge in [-0.2, -0.15) is 0 Å². The number of hydrogen-bond acceptors (Lipinski definition) is 4. The molecular weight excluding hydrogens is 385 g/mol. The molecule has 5 nitrogen and oxygen atoms in total. The molecule has 0 spiro atoms. The summed E-state index contributed by atoms with van der Waals surface area (Å²) in [5, 5.41) is 3.64. The van der Waals surface area contributed by atoms with Crippen molar-refractivity contribution >= 4 is 30.6 Å². The summed E-state index contributed by atoms with van der Waals surface area (Å²) in [5.41, 5.74) is 2.82. The summed E-state index contributed by atoms with van der Waals surface area (Å²) in [6, 6.07) is 23.5. The molecule has 0 saturated carbocycles. The molecule has 0 amide bonds. The Labute approximate surface area is 169 Å². The van der Waals surface area contributed by atoms with E-state index in [-0.39, 0.29) is 5.97 Å². The minimum absolute atomic E-state index is 0.312. The van der Waals surface area contributed by atoms with E-state index in [9.17, 15) is 9.36 Å². The Hall–Kier alpha value is -3.30. The molecule has 1 aliphatic rings. The fourth-order valence-electron chi connectivity index (χ4n) is 3.12. The largest absolute Gasteiger partial charge is 0.462 e. The molecule has 0 radical (unpaired) electrons. The standard InChI is InChI=1S/C23H20NO4P/c1-2-27-23(25)18-14-12-17(13-15-18)22-16-19-8-6-7-11-21(19)24-29(22,26)28-20-9-4-3-5-10-20/h3-16H,2H2,1H3,(H,24,26). The van der Waals surface area contributed by atoms with Crippen LogP contribution in [0.4, 0.5) is 5.69 Å². The molecule has 3 aromatic rings. The first-order chi connectivity index (χ1) is 14.1. The number of anilines is 1. The van der Waals surface area contributed by atoms with Crippen molar-refractivity contribution in [1.29, 1.82) is 0 Å². The molecule has 0 saturated heterocycles. The number of fused-ring (bicyclic) bond motifs is 1. The van der Waals surface area contributed by atoms with E-state index in [0.717, 1.165) is 11.3 Å². The lowest BCUT2D eigenvalue weighted by molar-refractivity contribution is 0.0526. The molecular formula is C23H20NO4P. The van der Waals surface area contributed by atoms with Gasteiger partial charge in [0.15, 0.2) is 0 Å². The van der Waals surface area contributed by atoms with Gasteiger partial charge in [0.1, 0.15) is 5.75 Å². The van der Waals surface area contributed by atoms with Gasteiger partial charge < -0.3 is 14.3 Å². The topological polar surface area (TPSA) is 64.6 Å². The second-order valence-corrected chi connectivity index (χ2v) is 8.47. The van der Waals surface area contributed by atoms with Gasteiger partial charge in [-0.3, -0.25) is 0 Å². The number of carbonyl (C=O) groups is 1. The van der Waals surface area contributed by atoms with Crippen LogP contribution >= 0.6 is 7.52 Å². The maximum absolute atomic E-state index is 13.9. The van der Waals surface area contributed by atoms with E-state index >= 15 is 0 Å². The molecule has 0 aromatic heterocycles. The van der Waals surface area contributed by atoms with E-state index in [1.165, 1.54) is 0 Å². The fraction of sp³-hybridized carbons (Fsp3) is 0.0870. The minimum Gasteiger partial charge on any atom is -0.462 e. The average Bonchev–Trinajstić information content (AvgIpc) is 2.74. The lowest BCUT2D eigenvalue weighted by atomic mass is 10.1. The lowest BCUT2D eigenvalue weighted by Crippen LogP contribution is -2.11. The Kier molecular flexibility index (Phi) is 5.24. The van der Waals surface area contributed by atoms with E-state index in [4.69, 9.17) is 9.26 Å². The molecule has 0 bridgehead atoms. The van der Waals surface area contributed by atoms with Gasteiger partial charge in [-0.05, 0) is 54.5 Å². The van der Waals surface area contributed by atoms with E-state index in [0.29, 0.717) is 28.8 Å². The summed E-state index contributed by atoms with van der Waals surface area (Å²) in [5.74, 6) is 0.126. The van der Waals surface area contributed by atoms with Crippen LogP contribution in [0.2, 0.25) is 0 Å². The summed E-state index contributed by atoms with van der Waals surface area (Å²) < 4.78 is 24.9. The highest BCUT2D eigenvalue weighted by Crippen LogP contribution is 2.62. The number of hydrogen-bond donors (Lipinski definition) is 1. The molecule has 29 heavy (non-hydrogen) atoms. The van der Waals surface area contributed by atoms with Crippen LogP contribution in [0.15, 0.2) is 78.9 Å². The molecule has 0 fully saturated rings. The molecule has 4 rings (SSSR count). The number of para-hydroxylation sites is 2. The van der Waals surface area contributed by atoms with Crippen molar-refractivity contribution in [2.45, 2.75) is 6.92 Å². The molecule has 146 valence electrons. The second kappa shape index (κ2) is 7.98. The molecule has 3 aromatic carbocycles. The van der Waals surface area contributed by atoms with Crippen LogP contribution in [-0.2, 0) is 9.30 Å². The Morgan fingerprint density at radius 3 is 2.34 bits per heavy atom. The number of esters is 1. The van der Waals surface area contributed by atoms with Crippen molar-refractivity contribution in [3.05, 3.63) is 95.6 Å². The highest BCUT2D eigenvalue weighted by atomic mass is 31.2. The van der Waals surface area contributed by atoms with Gasteiger partial charge in [0, 0.05) is 5.69 Å². The third-order valence-electron chi connectivity index (χ3n) is 4.51. The predicted molar refractivity (Wildman–Crippen MR) is 115 cm³/mol. The SMILES string of the molecule is CCOC(=O)c1ccc(C2=Cc3ccccc3NP2(=O)Oc2ccccc2)cc1. The number of rotatable bonds is 5. The van der Waals surface area contributed by atoms with Crippen LogP contribution in [0.1, 0.15) is 28.4 Å². The number of benzene rings is 3. The summed E-state index contributed by atoms with van der Waals surface area (Å²) in [6.07, 6.45) is 1.87. The highest BCUT2D eigenvalue weighted by molar-refractivity contribution is 7.72. The minimum atomic E-state index is -3.46. The highest BCUT2D eigenvalue weighted by Gasteiger charge is 2.35. The van der Waals surface area contributed by atoms with Gasteiger partial charge in [0.25, 0.3) is 0 Å². The van der Waals surface area contributed by atoms with Crippen molar-refractivity contribution in [2.24, 2.45) is 0 Å². The summed E-state index contributed by atoms with van der Waals surface area (Å²) in [7, 11) is -3.46. The smallest absolute Gasteiger partial charge is 0.372 e. The third kappa shape index (κ3) is 3.96. The Morgan fingerprint density at radius 1 is 0.931 bits per heavy atom. The van der Waals surface area contributed by atoms with Crippen LogP contribution in [0.3, 0.4) is 0 Å². The van der Waals surface area contributed by atoms with Gasteiger partial charge in [-0.1, -0.05) is 48.5 Å². The normalized spacial score (nSPS) is 17.5. The van der Waals surface area contributed by atoms with Gasteiger partial charge in [-0.25, -0.2) is 9.36 Å². The van der Waals surface area contributed by atoms with Crippen LogP contribution in [0.5, 0.6) is 5.75 Å². The summed E-state index contributed by atoms with van der Waals surface area (Å²) in [6.45, 7) is 2.08. The van der Waals surface area contributed by atoms with Gasteiger partial charge in [-0.15, -0.1) is 0 Å². The van der Waals surface area contributed by atoms with E-state index in [1.54, 1.807) is 43.3 Å². The molecule has 0 aliphatic carbocycles. The molecule has 1 unspecified atom stereocenters. The van der Waals surface area contributed by atoms with E-state index < -0.39 is 7.52 Å². The zero-order chi connectivity index (χ0) is 20.3. The third-order valence-corrected chi connectivity index (χ3v) is 6.53. The zero-order valence-electron chi connectivity index (χ0n) is 15.9. The van der Waals surface area contributed by atoms with Crippen LogP contribution in [-0.4, -0.2) is 12.6 Å². The van der Waals surface area contributed by atoms with Crippen molar-refractivity contribution in [1.82, 2.24) is 0 Å². The first-order valence-corrected chi connectivity index (χ1v) is 10.9. The predicted octanol–water partition coefficient (Wildman–Crippen LogP) is 6.06. The van der Waals surface area contributed by atoms with Crippen LogP contribution in [0, 0.1) is 0 Å². The second-order valence-electron chi connectivity index (χ2n) is 6.48. The summed E-state index contributed by atoms with van der Waals surface area (Å²) >= 11 is 0. The first-order valence-electron chi connectivity index (χ1n) is 9.31. The molecule has 6 heteroatoms. The van der Waals surface area contributed by atoms with E-state index in [1.807, 2.05) is 48.5 Å². The van der Waals surface area contributed by atoms with Gasteiger partial charge in [0.05, 0.1) is 17.5 Å². The van der Waals surface area contributed by atoms with Crippen molar-refractivity contribution in [3.8, 4) is 5.75 Å².